The van der Waals surface area contributed by atoms with Crippen LogP contribution in [-0.4, -0.2) is 43.3 Å². The Bertz CT molecular complexity index is 855. The van der Waals surface area contributed by atoms with Gasteiger partial charge in [0.1, 0.15) is 5.75 Å². The molecule has 0 spiro atoms. The highest BCUT2D eigenvalue weighted by atomic mass is 16.5. The molecule has 1 heterocycles. The van der Waals surface area contributed by atoms with Crippen LogP contribution >= 0.6 is 0 Å². The smallest absolute Gasteiger partial charge is 0.276 e. The lowest BCUT2D eigenvalue weighted by atomic mass is 9.91. The third-order valence-corrected chi connectivity index (χ3v) is 4.26. The minimum absolute atomic E-state index is 0.00802. The van der Waals surface area contributed by atoms with Gasteiger partial charge in [-0.05, 0) is 17.7 Å². The molecule has 2 N–H and O–H groups in total. The topological polar surface area (TPSA) is 110 Å². The van der Waals surface area contributed by atoms with E-state index in [4.69, 9.17) is 9.47 Å². The number of methoxy groups -OCH3 is 1. The summed E-state index contributed by atoms with van der Waals surface area (Å²) in [5.74, 6) is -0.723. The quantitative estimate of drug-likeness (QED) is 0.710. The van der Waals surface area contributed by atoms with Crippen molar-refractivity contribution < 1.29 is 24.2 Å². The van der Waals surface area contributed by atoms with E-state index in [9.17, 15) is 14.7 Å². The SMILES string of the molecule is COc1ccc(COCC(O)CNC(=O)C2=C3C=CC=CC3C(=O)N=N2)cc1. The summed E-state index contributed by atoms with van der Waals surface area (Å²) in [6.07, 6.45) is 5.92. The standard InChI is InChI=1S/C20H21N3O5/c1-27-15-8-6-13(7-9-15)11-28-12-14(24)10-21-20(26)18-16-4-2-3-5-17(16)19(25)23-22-18/h2-9,14,17,24H,10-12H2,1H3,(H,21,26). The number of hydrogen-bond acceptors (Lipinski definition) is 6. The van der Waals surface area contributed by atoms with E-state index in [0.29, 0.717) is 12.2 Å². The van der Waals surface area contributed by atoms with Crippen molar-refractivity contribution in [2.24, 2.45) is 16.1 Å². The Kier molecular flexibility index (Phi) is 6.46. The summed E-state index contributed by atoms with van der Waals surface area (Å²) in [5.41, 5.74) is 1.53. The molecule has 0 fully saturated rings. The first-order valence-corrected chi connectivity index (χ1v) is 8.80. The number of aliphatic hydroxyl groups excluding tert-OH is 1. The average molecular weight is 383 g/mol. The van der Waals surface area contributed by atoms with Crippen LogP contribution in [0.15, 0.2) is 70.1 Å². The number of ether oxygens (including phenoxy) is 2. The molecule has 8 nitrogen and oxygen atoms in total. The molecule has 2 aliphatic rings. The average Bonchev–Trinajstić information content (AvgIpc) is 2.73. The maximum absolute atomic E-state index is 12.4. The number of allylic oxidation sites excluding steroid dienone is 3. The first-order chi connectivity index (χ1) is 13.6. The van der Waals surface area contributed by atoms with E-state index >= 15 is 0 Å². The van der Waals surface area contributed by atoms with E-state index in [1.165, 1.54) is 0 Å². The van der Waals surface area contributed by atoms with Gasteiger partial charge in [-0.2, -0.15) is 0 Å². The highest BCUT2D eigenvalue weighted by Crippen LogP contribution is 2.28. The van der Waals surface area contributed by atoms with Crippen molar-refractivity contribution in [3.05, 3.63) is 65.4 Å². The summed E-state index contributed by atoms with van der Waals surface area (Å²) in [4.78, 5) is 24.1. The Hall–Kier alpha value is -3.10. The van der Waals surface area contributed by atoms with Crippen LogP contribution < -0.4 is 10.1 Å². The minimum atomic E-state index is -0.882. The van der Waals surface area contributed by atoms with Gasteiger partial charge in [0.15, 0.2) is 5.70 Å². The second-order valence-corrected chi connectivity index (χ2v) is 6.29. The summed E-state index contributed by atoms with van der Waals surface area (Å²) in [6.45, 7) is 0.384. The summed E-state index contributed by atoms with van der Waals surface area (Å²) in [6, 6.07) is 7.41. The molecule has 2 amide bonds. The molecule has 146 valence electrons. The number of amides is 2. The predicted molar refractivity (Wildman–Crippen MR) is 100 cm³/mol. The van der Waals surface area contributed by atoms with E-state index in [2.05, 4.69) is 15.5 Å². The zero-order valence-corrected chi connectivity index (χ0v) is 15.4. The first kappa shape index (κ1) is 19.7. The van der Waals surface area contributed by atoms with Gasteiger partial charge in [0.25, 0.3) is 11.8 Å². The van der Waals surface area contributed by atoms with Crippen molar-refractivity contribution in [3.8, 4) is 5.75 Å². The maximum Gasteiger partial charge on any atom is 0.276 e. The molecule has 0 saturated carbocycles. The highest BCUT2D eigenvalue weighted by molar-refractivity contribution is 5.98. The molecule has 28 heavy (non-hydrogen) atoms. The van der Waals surface area contributed by atoms with Gasteiger partial charge >= 0.3 is 0 Å². The number of nitrogens with one attached hydrogen (secondary N) is 1. The van der Waals surface area contributed by atoms with Crippen molar-refractivity contribution in [2.45, 2.75) is 12.7 Å². The Balaban J connectivity index is 1.46. The van der Waals surface area contributed by atoms with Crippen molar-refractivity contribution in [3.63, 3.8) is 0 Å². The van der Waals surface area contributed by atoms with Crippen molar-refractivity contribution in [1.82, 2.24) is 5.32 Å². The summed E-state index contributed by atoms with van der Waals surface area (Å²) in [7, 11) is 1.60. The molecule has 0 saturated heterocycles. The Morgan fingerprint density at radius 2 is 2.04 bits per heavy atom. The van der Waals surface area contributed by atoms with Crippen molar-refractivity contribution in [1.29, 1.82) is 0 Å². The van der Waals surface area contributed by atoms with Gasteiger partial charge < -0.3 is 19.9 Å². The van der Waals surface area contributed by atoms with E-state index in [-0.39, 0.29) is 18.8 Å². The van der Waals surface area contributed by atoms with Gasteiger partial charge in [-0.3, -0.25) is 9.59 Å². The number of rotatable bonds is 8. The third kappa shape index (κ3) is 4.79. The number of carbonyl (C=O) groups excluding carboxylic acids is 2. The minimum Gasteiger partial charge on any atom is -0.497 e. The molecular weight excluding hydrogens is 362 g/mol. The van der Waals surface area contributed by atoms with E-state index in [1.807, 2.05) is 24.3 Å². The van der Waals surface area contributed by atoms with Gasteiger partial charge in [0.05, 0.1) is 32.3 Å². The largest absolute Gasteiger partial charge is 0.497 e. The lowest BCUT2D eigenvalue weighted by Crippen LogP contribution is -2.36. The Morgan fingerprint density at radius 3 is 2.79 bits per heavy atom. The molecule has 1 aromatic rings. The molecular formula is C20H21N3O5. The first-order valence-electron chi connectivity index (χ1n) is 8.80. The fourth-order valence-electron chi connectivity index (χ4n) is 2.77. The van der Waals surface area contributed by atoms with Crippen LogP contribution in [0.5, 0.6) is 5.75 Å². The van der Waals surface area contributed by atoms with E-state index in [0.717, 1.165) is 11.3 Å². The molecule has 0 radical (unpaired) electrons. The van der Waals surface area contributed by atoms with Crippen LogP contribution in [0.2, 0.25) is 0 Å². The number of nitrogens with zero attached hydrogens (tertiary/aromatic N) is 2. The van der Waals surface area contributed by atoms with Crippen LogP contribution in [0.3, 0.4) is 0 Å². The molecule has 1 aromatic carbocycles. The lowest BCUT2D eigenvalue weighted by molar-refractivity contribution is -0.120. The van der Waals surface area contributed by atoms with Crippen LogP contribution in [0.4, 0.5) is 0 Å². The Morgan fingerprint density at radius 1 is 1.25 bits per heavy atom. The van der Waals surface area contributed by atoms with Gasteiger partial charge in [-0.15, -0.1) is 10.2 Å². The molecule has 0 bridgehead atoms. The van der Waals surface area contributed by atoms with Crippen LogP contribution in [-0.2, 0) is 20.9 Å². The summed E-state index contributed by atoms with van der Waals surface area (Å²) >= 11 is 0. The monoisotopic (exact) mass is 383 g/mol. The van der Waals surface area contributed by atoms with E-state index in [1.54, 1.807) is 31.4 Å². The number of fused-ring (bicyclic) bond motifs is 1. The zero-order valence-electron chi connectivity index (χ0n) is 15.4. The number of azo groups is 1. The molecule has 8 heteroatoms. The molecule has 2 atom stereocenters. The Labute approximate surface area is 162 Å². The van der Waals surface area contributed by atoms with Crippen molar-refractivity contribution in [2.75, 3.05) is 20.3 Å². The fourth-order valence-corrected chi connectivity index (χ4v) is 2.77. The van der Waals surface area contributed by atoms with Crippen LogP contribution in [0.25, 0.3) is 0 Å². The van der Waals surface area contributed by atoms with Crippen molar-refractivity contribution >= 4 is 11.8 Å². The number of hydrogen-bond donors (Lipinski definition) is 2. The predicted octanol–water partition coefficient (Wildman–Crippen LogP) is 1.68. The third-order valence-electron chi connectivity index (χ3n) is 4.26. The summed E-state index contributed by atoms with van der Waals surface area (Å²) < 4.78 is 10.6. The molecule has 3 rings (SSSR count). The molecule has 0 aromatic heterocycles. The van der Waals surface area contributed by atoms with Gasteiger partial charge in [-0.25, -0.2) is 0 Å². The second kappa shape index (κ2) is 9.20. The van der Waals surface area contributed by atoms with Gasteiger partial charge in [0, 0.05) is 12.1 Å². The number of aliphatic hydroxyl groups is 1. The second-order valence-electron chi connectivity index (χ2n) is 6.29. The van der Waals surface area contributed by atoms with E-state index < -0.39 is 23.8 Å². The van der Waals surface area contributed by atoms with Gasteiger partial charge in [0.2, 0.25) is 0 Å². The number of carbonyl (C=O) groups is 2. The lowest BCUT2D eigenvalue weighted by Gasteiger charge is -2.19. The van der Waals surface area contributed by atoms with Gasteiger partial charge in [-0.1, -0.05) is 36.4 Å². The number of benzene rings is 1. The molecule has 1 aliphatic heterocycles. The highest BCUT2D eigenvalue weighted by Gasteiger charge is 2.30. The van der Waals surface area contributed by atoms with Crippen LogP contribution in [0.1, 0.15) is 5.56 Å². The maximum atomic E-state index is 12.4. The zero-order chi connectivity index (χ0) is 19.9. The normalized spacial score (nSPS) is 18.8. The van der Waals surface area contributed by atoms with Crippen LogP contribution in [0, 0.1) is 5.92 Å². The molecule has 1 aliphatic carbocycles. The fraction of sp³-hybridized carbons (Fsp3) is 0.300. The summed E-state index contributed by atoms with van der Waals surface area (Å²) in [5, 5.41) is 19.9. The molecule has 2 unspecified atom stereocenters.